The van der Waals surface area contributed by atoms with E-state index in [4.69, 9.17) is 0 Å². The quantitative estimate of drug-likeness (QED) is 0.661. The SMILES string of the molecule is C[C@H]1CC[C@@H](Cc2nc(NCCc3cncc(C(F)(F)F)c3)ncc2C#N)CC1(C)C. The zero-order valence-electron chi connectivity index (χ0n) is 18.1. The number of anilines is 1. The fraction of sp³-hybridized carbons (Fsp3) is 0.565. The standard InChI is InChI=1S/C23H28F3N5/c1-15-4-5-16(10-22(15,2)3)9-20-18(11-27)13-30-21(31-20)29-7-6-17-8-19(14-28-12-17)23(24,25)26/h8,12-16H,4-7,9-10H2,1-3H3,(H,29,30,31)/t15-,16-/m0/s1. The van der Waals surface area contributed by atoms with Gasteiger partial charge in [-0.2, -0.15) is 18.4 Å². The summed E-state index contributed by atoms with van der Waals surface area (Å²) in [6.07, 6.45) is 3.81. The third-order valence-electron chi connectivity index (χ3n) is 6.45. The first kappa shape index (κ1) is 23.0. The molecule has 1 aliphatic carbocycles. The maximum absolute atomic E-state index is 12.8. The average molecular weight is 432 g/mol. The van der Waals surface area contributed by atoms with Gasteiger partial charge in [-0.3, -0.25) is 4.98 Å². The number of aromatic nitrogens is 3. The largest absolute Gasteiger partial charge is 0.417 e. The number of alkyl halides is 3. The molecule has 0 radical (unpaired) electrons. The number of pyridine rings is 1. The fourth-order valence-electron chi connectivity index (χ4n) is 4.22. The van der Waals surface area contributed by atoms with Gasteiger partial charge in [0.05, 0.1) is 23.0 Å². The molecule has 31 heavy (non-hydrogen) atoms. The van der Waals surface area contributed by atoms with E-state index >= 15 is 0 Å². The predicted octanol–water partition coefficient (Wildman–Crippen LogP) is 5.42. The van der Waals surface area contributed by atoms with Crippen LogP contribution in [-0.4, -0.2) is 21.5 Å². The van der Waals surface area contributed by atoms with Crippen LogP contribution in [0.1, 0.15) is 62.4 Å². The molecule has 0 saturated heterocycles. The van der Waals surface area contributed by atoms with Crippen LogP contribution in [0, 0.1) is 28.6 Å². The molecular weight excluding hydrogens is 403 g/mol. The van der Waals surface area contributed by atoms with Gasteiger partial charge < -0.3 is 5.32 Å². The van der Waals surface area contributed by atoms with Gasteiger partial charge in [-0.05, 0) is 61.0 Å². The number of hydrogen-bond acceptors (Lipinski definition) is 5. The maximum atomic E-state index is 12.8. The van der Waals surface area contributed by atoms with Crippen LogP contribution in [0.5, 0.6) is 0 Å². The van der Waals surface area contributed by atoms with Crippen molar-refractivity contribution in [2.24, 2.45) is 17.3 Å². The second kappa shape index (κ2) is 9.21. The normalized spacial score (nSPS) is 20.8. The topological polar surface area (TPSA) is 74.5 Å². The lowest BCUT2D eigenvalue weighted by atomic mass is 9.65. The molecule has 5 nitrogen and oxygen atoms in total. The zero-order valence-corrected chi connectivity index (χ0v) is 18.1. The van der Waals surface area contributed by atoms with Gasteiger partial charge in [0.1, 0.15) is 6.07 Å². The molecule has 3 rings (SSSR count). The van der Waals surface area contributed by atoms with Crippen LogP contribution in [0.15, 0.2) is 24.7 Å². The van der Waals surface area contributed by atoms with Crippen molar-refractivity contribution < 1.29 is 13.2 Å². The van der Waals surface area contributed by atoms with E-state index < -0.39 is 11.7 Å². The molecule has 2 atom stereocenters. The Labute approximate surface area is 181 Å². The van der Waals surface area contributed by atoms with Gasteiger partial charge in [0.25, 0.3) is 0 Å². The number of rotatable bonds is 6. The Hall–Kier alpha value is -2.69. The molecule has 0 unspecified atom stereocenters. The number of nitriles is 1. The van der Waals surface area contributed by atoms with Crippen molar-refractivity contribution in [1.82, 2.24) is 15.0 Å². The first-order chi connectivity index (χ1) is 14.6. The number of halogens is 3. The van der Waals surface area contributed by atoms with Gasteiger partial charge in [-0.1, -0.05) is 20.8 Å². The van der Waals surface area contributed by atoms with E-state index in [0.717, 1.165) is 37.2 Å². The second-order valence-corrected chi connectivity index (χ2v) is 9.16. The third kappa shape index (κ3) is 5.93. The van der Waals surface area contributed by atoms with Crippen molar-refractivity contribution in [1.29, 1.82) is 5.26 Å². The molecule has 1 aliphatic rings. The lowest BCUT2D eigenvalue weighted by Gasteiger charge is -2.40. The zero-order chi connectivity index (χ0) is 22.6. The third-order valence-corrected chi connectivity index (χ3v) is 6.45. The van der Waals surface area contributed by atoms with Crippen LogP contribution in [0.4, 0.5) is 19.1 Å². The summed E-state index contributed by atoms with van der Waals surface area (Å²) in [6.45, 7) is 7.25. The smallest absolute Gasteiger partial charge is 0.354 e. The summed E-state index contributed by atoms with van der Waals surface area (Å²) < 4.78 is 38.5. The minimum absolute atomic E-state index is 0.267. The number of hydrogen-bond donors (Lipinski definition) is 1. The molecule has 1 saturated carbocycles. The highest BCUT2D eigenvalue weighted by Crippen LogP contribution is 2.44. The van der Waals surface area contributed by atoms with Crippen molar-refractivity contribution >= 4 is 5.95 Å². The lowest BCUT2D eigenvalue weighted by Crippen LogP contribution is -2.31. The second-order valence-electron chi connectivity index (χ2n) is 9.16. The molecule has 2 aromatic rings. The van der Waals surface area contributed by atoms with E-state index in [1.807, 2.05) is 0 Å². The van der Waals surface area contributed by atoms with Gasteiger partial charge >= 0.3 is 6.18 Å². The summed E-state index contributed by atoms with van der Waals surface area (Å²) in [4.78, 5) is 12.4. The summed E-state index contributed by atoms with van der Waals surface area (Å²) in [6, 6.07) is 3.28. The van der Waals surface area contributed by atoms with Gasteiger partial charge in [0, 0.05) is 18.9 Å². The predicted molar refractivity (Wildman–Crippen MR) is 112 cm³/mol. The minimum atomic E-state index is -4.41. The Bertz CT molecular complexity index is 949. The van der Waals surface area contributed by atoms with E-state index in [1.165, 1.54) is 18.8 Å². The van der Waals surface area contributed by atoms with Crippen molar-refractivity contribution in [3.63, 3.8) is 0 Å². The highest BCUT2D eigenvalue weighted by Gasteiger charge is 2.34. The Balaban J connectivity index is 1.64. The van der Waals surface area contributed by atoms with Crippen molar-refractivity contribution in [2.45, 2.75) is 59.1 Å². The minimum Gasteiger partial charge on any atom is -0.354 e. The molecule has 0 amide bonds. The van der Waals surface area contributed by atoms with E-state index in [2.05, 4.69) is 47.1 Å². The van der Waals surface area contributed by atoms with Crippen molar-refractivity contribution in [2.75, 3.05) is 11.9 Å². The highest BCUT2D eigenvalue weighted by molar-refractivity contribution is 5.37. The molecule has 0 aromatic carbocycles. The Morgan fingerprint density at radius 1 is 1.23 bits per heavy atom. The fourth-order valence-corrected chi connectivity index (χ4v) is 4.22. The summed E-state index contributed by atoms with van der Waals surface area (Å²) in [5.41, 5.74) is 1.20. The molecule has 1 fully saturated rings. The van der Waals surface area contributed by atoms with Crippen LogP contribution in [0.3, 0.4) is 0 Å². The monoisotopic (exact) mass is 431 g/mol. The van der Waals surface area contributed by atoms with Crippen molar-refractivity contribution in [3.8, 4) is 6.07 Å². The summed E-state index contributed by atoms with van der Waals surface area (Å²) in [5.74, 6) is 1.53. The van der Waals surface area contributed by atoms with Crippen molar-refractivity contribution in [3.05, 3.63) is 47.0 Å². The molecule has 2 aromatic heterocycles. The van der Waals surface area contributed by atoms with Gasteiger partial charge in [0.15, 0.2) is 0 Å². The van der Waals surface area contributed by atoms with Gasteiger partial charge in [-0.25, -0.2) is 9.97 Å². The molecule has 1 N–H and O–H groups in total. The Morgan fingerprint density at radius 2 is 2.00 bits per heavy atom. The average Bonchev–Trinajstić information content (AvgIpc) is 2.70. The molecule has 8 heteroatoms. The van der Waals surface area contributed by atoms with E-state index in [9.17, 15) is 18.4 Å². The van der Waals surface area contributed by atoms with E-state index in [-0.39, 0.29) is 5.41 Å². The highest BCUT2D eigenvalue weighted by atomic mass is 19.4. The van der Waals surface area contributed by atoms with E-state index in [1.54, 1.807) is 0 Å². The van der Waals surface area contributed by atoms with Crippen LogP contribution in [-0.2, 0) is 19.0 Å². The van der Waals surface area contributed by atoms with E-state index in [0.29, 0.717) is 41.9 Å². The molecule has 0 spiro atoms. The molecule has 166 valence electrons. The maximum Gasteiger partial charge on any atom is 0.417 e. The summed E-state index contributed by atoms with van der Waals surface area (Å²) in [5, 5.41) is 12.5. The Morgan fingerprint density at radius 3 is 2.68 bits per heavy atom. The van der Waals surface area contributed by atoms with Gasteiger partial charge in [-0.15, -0.1) is 0 Å². The Kier molecular flexibility index (Phi) is 6.83. The first-order valence-corrected chi connectivity index (χ1v) is 10.6. The van der Waals surface area contributed by atoms with Gasteiger partial charge in [0.2, 0.25) is 5.95 Å². The lowest BCUT2D eigenvalue weighted by molar-refractivity contribution is -0.137. The number of nitrogens with zero attached hydrogens (tertiary/aromatic N) is 4. The van der Waals surface area contributed by atoms with Crippen LogP contribution in [0.2, 0.25) is 0 Å². The molecule has 0 bridgehead atoms. The van der Waals surface area contributed by atoms with Crippen LogP contribution >= 0.6 is 0 Å². The number of nitrogens with one attached hydrogen (secondary N) is 1. The van der Waals surface area contributed by atoms with Crippen LogP contribution in [0.25, 0.3) is 0 Å². The summed E-state index contributed by atoms with van der Waals surface area (Å²) >= 11 is 0. The van der Waals surface area contributed by atoms with Crippen LogP contribution < -0.4 is 5.32 Å². The molecule has 0 aliphatic heterocycles. The first-order valence-electron chi connectivity index (χ1n) is 10.6. The summed E-state index contributed by atoms with van der Waals surface area (Å²) in [7, 11) is 0. The molecular formula is C23H28F3N5. The molecule has 2 heterocycles.